The van der Waals surface area contributed by atoms with Gasteiger partial charge in [0.15, 0.2) is 0 Å². The monoisotopic (exact) mass is 325 g/mol. The average Bonchev–Trinajstić information content (AvgIpc) is 2.99. The Morgan fingerprint density at radius 3 is 2.38 bits per heavy atom. The lowest BCUT2D eigenvalue weighted by molar-refractivity contribution is -0.134. The van der Waals surface area contributed by atoms with Crippen molar-refractivity contribution in [3.8, 4) is 0 Å². The molecular weight excluding hydrogens is 302 g/mol. The molecule has 2 amide bonds. The van der Waals surface area contributed by atoms with Crippen LogP contribution in [0.5, 0.6) is 0 Å². The van der Waals surface area contributed by atoms with Crippen LogP contribution in [0.2, 0.25) is 0 Å². The number of nitrogens with two attached hydrogens (primary N) is 1. The van der Waals surface area contributed by atoms with Crippen molar-refractivity contribution in [2.75, 3.05) is 31.9 Å². The second kappa shape index (κ2) is 5.65. The zero-order valence-electron chi connectivity index (χ0n) is 13.7. The standard InChI is InChI=1S/C19H23N3O2/c1-2-17(23)22-10-15-16(11-22)18(15)19(24)21-8-7-13(9-21)12-3-5-14(20)6-4-12/h2-6,13,15-16,18H,1,7-11,20H2/t13-,15-,16?,18?/m0/s1. The van der Waals surface area contributed by atoms with Crippen molar-refractivity contribution in [1.29, 1.82) is 0 Å². The molecule has 0 radical (unpaired) electrons. The van der Waals surface area contributed by atoms with Crippen molar-refractivity contribution in [2.45, 2.75) is 12.3 Å². The number of anilines is 1. The van der Waals surface area contributed by atoms with E-state index in [0.717, 1.165) is 25.2 Å². The van der Waals surface area contributed by atoms with Gasteiger partial charge in [0.25, 0.3) is 0 Å². The molecule has 24 heavy (non-hydrogen) atoms. The van der Waals surface area contributed by atoms with Crippen molar-refractivity contribution in [2.24, 2.45) is 17.8 Å². The molecule has 2 heterocycles. The number of hydrogen-bond acceptors (Lipinski definition) is 3. The molecule has 1 aromatic rings. The van der Waals surface area contributed by atoms with E-state index in [4.69, 9.17) is 5.73 Å². The molecule has 2 saturated heterocycles. The summed E-state index contributed by atoms with van der Waals surface area (Å²) in [6.07, 6.45) is 2.37. The van der Waals surface area contributed by atoms with Crippen molar-refractivity contribution >= 4 is 17.5 Å². The molecule has 0 aromatic heterocycles. The van der Waals surface area contributed by atoms with Crippen LogP contribution >= 0.6 is 0 Å². The number of amides is 2. The van der Waals surface area contributed by atoms with Gasteiger partial charge in [-0.25, -0.2) is 0 Å². The number of nitrogens with zero attached hydrogens (tertiary/aromatic N) is 2. The number of benzene rings is 1. The Hall–Kier alpha value is -2.30. The van der Waals surface area contributed by atoms with E-state index in [-0.39, 0.29) is 17.7 Å². The van der Waals surface area contributed by atoms with E-state index in [0.29, 0.717) is 30.8 Å². The zero-order chi connectivity index (χ0) is 16.8. The van der Waals surface area contributed by atoms with Crippen LogP contribution in [0.15, 0.2) is 36.9 Å². The Morgan fingerprint density at radius 2 is 1.75 bits per heavy atom. The van der Waals surface area contributed by atoms with Crippen molar-refractivity contribution in [1.82, 2.24) is 9.80 Å². The molecule has 0 bridgehead atoms. The molecule has 3 aliphatic rings. The molecule has 126 valence electrons. The fourth-order valence-electron chi connectivity index (χ4n) is 4.41. The summed E-state index contributed by atoms with van der Waals surface area (Å²) >= 11 is 0. The van der Waals surface area contributed by atoms with Gasteiger partial charge in [-0.05, 0) is 42.0 Å². The summed E-state index contributed by atoms with van der Waals surface area (Å²) in [5, 5.41) is 0. The first-order valence-corrected chi connectivity index (χ1v) is 8.64. The smallest absolute Gasteiger partial charge is 0.245 e. The largest absolute Gasteiger partial charge is 0.399 e. The lowest BCUT2D eigenvalue weighted by atomic mass is 9.98. The topological polar surface area (TPSA) is 66.6 Å². The maximum atomic E-state index is 12.8. The molecule has 5 heteroatoms. The fourth-order valence-corrected chi connectivity index (χ4v) is 4.41. The summed E-state index contributed by atoms with van der Waals surface area (Å²) in [5.41, 5.74) is 7.78. The van der Waals surface area contributed by atoms with Gasteiger partial charge in [0.05, 0.1) is 0 Å². The van der Waals surface area contributed by atoms with E-state index >= 15 is 0 Å². The molecule has 0 spiro atoms. The highest BCUT2D eigenvalue weighted by Gasteiger charge is 2.61. The summed E-state index contributed by atoms with van der Waals surface area (Å²) in [6, 6.07) is 7.99. The molecule has 1 saturated carbocycles. The van der Waals surface area contributed by atoms with Crippen LogP contribution in [-0.2, 0) is 9.59 Å². The van der Waals surface area contributed by atoms with Gasteiger partial charge in [-0.2, -0.15) is 0 Å². The molecule has 4 atom stereocenters. The van der Waals surface area contributed by atoms with Crippen molar-refractivity contribution < 1.29 is 9.59 Å². The quantitative estimate of drug-likeness (QED) is 0.676. The van der Waals surface area contributed by atoms with Crippen LogP contribution in [0, 0.1) is 17.8 Å². The lowest BCUT2D eigenvalue weighted by Crippen LogP contribution is -2.36. The van der Waals surface area contributed by atoms with E-state index in [9.17, 15) is 9.59 Å². The summed E-state index contributed by atoms with van der Waals surface area (Å²) in [4.78, 5) is 28.3. The summed E-state index contributed by atoms with van der Waals surface area (Å²) < 4.78 is 0. The minimum absolute atomic E-state index is 0.0158. The molecule has 2 unspecified atom stereocenters. The molecule has 1 aromatic carbocycles. The van der Waals surface area contributed by atoms with Gasteiger partial charge in [-0.1, -0.05) is 18.7 Å². The van der Waals surface area contributed by atoms with Crippen LogP contribution in [-0.4, -0.2) is 47.8 Å². The number of piperidine rings is 1. The fraction of sp³-hybridized carbons (Fsp3) is 0.474. The predicted molar refractivity (Wildman–Crippen MR) is 92.0 cm³/mol. The first-order chi connectivity index (χ1) is 11.6. The molecule has 2 N–H and O–H groups in total. The van der Waals surface area contributed by atoms with E-state index in [1.807, 2.05) is 21.9 Å². The number of rotatable bonds is 3. The van der Waals surface area contributed by atoms with E-state index < -0.39 is 0 Å². The van der Waals surface area contributed by atoms with Gasteiger partial charge < -0.3 is 15.5 Å². The van der Waals surface area contributed by atoms with Crippen molar-refractivity contribution in [3.63, 3.8) is 0 Å². The van der Waals surface area contributed by atoms with E-state index in [1.165, 1.54) is 11.6 Å². The van der Waals surface area contributed by atoms with Gasteiger partial charge in [0.2, 0.25) is 11.8 Å². The Labute approximate surface area is 142 Å². The van der Waals surface area contributed by atoms with Gasteiger partial charge in [-0.3, -0.25) is 9.59 Å². The van der Waals surface area contributed by atoms with Crippen LogP contribution < -0.4 is 5.73 Å². The van der Waals surface area contributed by atoms with Gasteiger partial charge in [0, 0.05) is 43.7 Å². The minimum atomic E-state index is -0.0158. The highest BCUT2D eigenvalue weighted by Crippen LogP contribution is 2.53. The Bertz CT molecular complexity index is 672. The number of likely N-dealkylation sites (tertiary alicyclic amines) is 2. The lowest BCUT2D eigenvalue weighted by Gasteiger charge is -2.21. The number of fused-ring (bicyclic) bond motifs is 1. The molecule has 1 aliphatic carbocycles. The zero-order valence-corrected chi connectivity index (χ0v) is 13.7. The van der Waals surface area contributed by atoms with Crippen molar-refractivity contribution in [3.05, 3.63) is 42.5 Å². The third-order valence-electron chi connectivity index (χ3n) is 5.87. The summed E-state index contributed by atoms with van der Waals surface area (Å²) in [7, 11) is 0. The highest BCUT2D eigenvalue weighted by atomic mass is 16.2. The number of carbonyl (C=O) groups excluding carboxylic acids is 2. The summed E-state index contributed by atoms with van der Waals surface area (Å²) in [5.74, 6) is 1.52. The molecule has 5 nitrogen and oxygen atoms in total. The maximum Gasteiger partial charge on any atom is 0.245 e. The molecular formula is C19H23N3O2. The first kappa shape index (κ1) is 15.2. The number of hydrogen-bond donors (Lipinski definition) is 1. The van der Waals surface area contributed by atoms with Crippen LogP contribution in [0.25, 0.3) is 0 Å². The second-order valence-corrected chi connectivity index (χ2v) is 7.24. The summed E-state index contributed by atoms with van der Waals surface area (Å²) in [6.45, 7) is 6.58. The maximum absolute atomic E-state index is 12.8. The van der Waals surface area contributed by atoms with E-state index in [2.05, 4.69) is 18.7 Å². The van der Waals surface area contributed by atoms with Gasteiger partial charge in [-0.15, -0.1) is 0 Å². The second-order valence-electron chi connectivity index (χ2n) is 7.24. The average molecular weight is 325 g/mol. The Kier molecular flexibility index (Phi) is 3.59. The van der Waals surface area contributed by atoms with Gasteiger partial charge >= 0.3 is 0 Å². The number of nitrogen functional groups attached to an aromatic ring is 1. The normalized spacial score (nSPS) is 31.0. The first-order valence-electron chi connectivity index (χ1n) is 8.64. The Morgan fingerprint density at radius 1 is 1.08 bits per heavy atom. The third-order valence-corrected chi connectivity index (χ3v) is 5.87. The molecule has 4 rings (SSSR count). The highest BCUT2D eigenvalue weighted by molar-refractivity contribution is 5.88. The molecule has 2 aliphatic heterocycles. The third kappa shape index (κ3) is 2.48. The van der Waals surface area contributed by atoms with Crippen LogP contribution in [0.3, 0.4) is 0 Å². The number of carbonyl (C=O) groups is 2. The van der Waals surface area contributed by atoms with Gasteiger partial charge in [0.1, 0.15) is 0 Å². The predicted octanol–water partition coefficient (Wildman–Crippen LogP) is 1.48. The van der Waals surface area contributed by atoms with E-state index in [1.54, 1.807) is 0 Å². The SMILES string of the molecule is C=CC(=O)N1CC2C(C(=O)N3CC[C@H](c4ccc(N)cc4)C3)[C@H]2C1. The molecule has 3 fully saturated rings. The van der Waals surface area contributed by atoms with Crippen LogP contribution in [0.1, 0.15) is 17.9 Å². The van der Waals surface area contributed by atoms with Crippen LogP contribution in [0.4, 0.5) is 5.69 Å². The Balaban J connectivity index is 1.34. The minimum Gasteiger partial charge on any atom is -0.399 e.